The van der Waals surface area contributed by atoms with Crippen LogP contribution in [0.2, 0.25) is 5.02 Å². The molecular weight excluding hydrogens is 398 g/mol. The highest BCUT2D eigenvalue weighted by atomic mass is 35.5. The maximum Gasteiger partial charge on any atom is 0.338 e. The number of amides is 1. The van der Waals surface area contributed by atoms with E-state index in [0.29, 0.717) is 33.5 Å². The molecule has 0 spiro atoms. The molecule has 1 N–H and O–H groups in total. The van der Waals surface area contributed by atoms with Gasteiger partial charge in [0.15, 0.2) is 0 Å². The summed E-state index contributed by atoms with van der Waals surface area (Å²) in [6.45, 7) is 2.44. The van der Waals surface area contributed by atoms with Crippen LogP contribution in [0.3, 0.4) is 0 Å². The topological polar surface area (TPSA) is 64.6 Å². The van der Waals surface area contributed by atoms with Crippen molar-refractivity contribution in [2.24, 2.45) is 0 Å². The van der Waals surface area contributed by atoms with Crippen molar-refractivity contribution >= 4 is 50.6 Å². The minimum absolute atomic E-state index is 0.302. The molecule has 2 aromatic carbocycles. The highest BCUT2D eigenvalue weighted by Gasteiger charge is 2.18. The van der Waals surface area contributed by atoms with E-state index in [1.54, 1.807) is 31.4 Å². The van der Waals surface area contributed by atoms with Gasteiger partial charge >= 0.3 is 5.97 Å². The van der Waals surface area contributed by atoms with Gasteiger partial charge in [-0.2, -0.15) is 0 Å². The van der Waals surface area contributed by atoms with E-state index >= 15 is 0 Å². The molecule has 3 aromatic rings. The molecule has 0 aliphatic heterocycles. The lowest BCUT2D eigenvalue weighted by Gasteiger charge is -2.06. The summed E-state index contributed by atoms with van der Waals surface area (Å²) in [4.78, 5) is 25.0. The molecule has 0 atom stereocenters. The van der Waals surface area contributed by atoms with Gasteiger partial charge in [0.2, 0.25) is 0 Å². The Balaban J connectivity index is 1.72. The fourth-order valence-electron chi connectivity index (χ4n) is 2.59. The average Bonchev–Trinajstić information content (AvgIpc) is 3.04. The lowest BCUT2D eigenvalue weighted by atomic mass is 10.2. The second-order valence-electron chi connectivity index (χ2n) is 6.13. The number of halogens is 1. The number of carbonyl (C=O) groups is 2. The first-order chi connectivity index (χ1) is 13.5. The Labute approximate surface area is 172 Å². The van der Waals surface area contributed by atoms with E-state index in [9.17, 15) is 9.59 Å². The third-order valence-electron chi connectivity index (χ3n) is 4.15. The lowest BCUT2D eigenvalue weighted by Crippen LogP contribution is -2.11. The van der Waals surface area contributed by atoms with E-state index in [0.717, 1.165) is 22.9 Å². The van der Waals surface area contributed by atoms with E-state index in [2.05, 4.69) is 5.32 Å². The molecule has 0 saturated carbocycles. The number of carbonyl (C=O) groups excluding carboxylic acids is 2. The summed E-state index contributed by atoms with van der Waals surface area (Å²) >= 11 is 7.72. The standard InChI is InChI=1S/C21H20ClNO4S/c1-3-4-11-27-21(25)13-5-7-14(8-6-13)23-20(24)19-18(22)16-12-15(26-2)9-10-17(16)28-19/h5-10,12H,3-4,11H2,1-2H3,(H,23,24). The fraction of sp³-hybridized carbons (Fsp3) is 0.238. The smallest absolute Gasteiger partial charge is 0.338 e. The summed E-state index contributed by atoms with van der Waals surface area (Å²) in [7, 11) is 1.58. The Kier molecular flexibility index (Phi) is 6.54. The molecule has 0 aliphatic carbocycles. The summed E-state index contributed by atoms with van der Waals surface area (Å²) in [5, 5.41) is 3.99. The van der Waals surface area contributed by atoms with Crippen molar-refractivity contribution in [1.29, 1.82) is 0 Å². The van der Waals surface area contributed by atoms with Crippen molar-refractivity contribution in [2.75, 3.05) is 19.0 Å². The molecule has 1 amide bonds. The molecule has 1 aromatic heterocycles. The Hall–Kier alpha value is -2.57. The van der Waals surface area contributed by atoms with E-state index in [-0.39, 0.29) is 11.9 Å². The van der Waals surface area contributed by atoms with Gasteiger partial charge in [-0.15, -0.1) is 11.3 Å². The van der Waals surface area contributed by atoms with Gasteiger partial charge in [-0.05, 0) is 48.9 Å². The number of rotatable bonds is 7. The summed E-state index contributed by atoms with van der Waals surface area (Å²) < 4.78 is 11.3. The van der Waals surface area contributed by atoms with Gasteiger partial charge in [-0.1, -0.05) is 24.9 Å². The molecule has 7 heteroatoms. The third kappa shape index (κ3) is 4.46. The predicted octanol–water partition coefficient (Wildman–Crippen LogP) is 5.77. The second kappa shape index (κ2) is 9.08. The number of nitrogens with one attached hydrogen (secondary N) is 1. The van der Waals surface area contributed by atoms with Crippen molar-refractivity contribution < 1.29 is 19.1 Å². The van der Waals surface area contributed by atoms with Crippen LogP contribution in [0.4, 0.5) is 5.69 Å². The molecule has 5 nitrogen and oxygen atoms in total. The summed E-state index contributed by atoms with van der Waals surface area (Å²) in [6.07, 6.45) is 1.80. The van der Waals surface area contributed by atoms with Crippen LogP contribution in [0.5, 0.6) is 5.75 Å². The summed E-state index contributed by atoms with van der Waals surface area (Å²) in [5.74, 6) is 0.0110. The van der Waals surface area contributed by atoms with Crippen molar-refractivity contribution in [3.05, 3.63) is 57.9 Å². The van der Waals surface area contributed by atoms with Gasteiger partial charge < -0.3 is 14.8 Å². The fourth-order valence-corrected chi connectivity index (χ4v) is 3.97. The molecule has 0 unspecified atom stereocenters. The molecule has 146 valence electrons. The van der Waals surface area contributed by atoms with Crippen molar-refractivity contribution in [3.8, 4) is 5.75 Å². The van der Waals surface area contributed by atoms with Crippen LogP contribution in [0.25, 0.3) is 10.1 Å². The Morgan fingerprint density at radius 1 is 1.14 bits per heavy atom. The van der Waals surface area contributed by atoms with E-state index in [4.69, 9.17) is 21.1 Å². The number of esters is 1. The molecule has 0 fully saturated rings. The van der Waals surface area contributed by atoms with Crippen LogP contribution in [-0.4, -0.2) is 25.6 Å². The van der Waals surface area contributed by atoms with Crippen LogP contribution >= 0.6 is 22.9 Å². The first kappa shape index (κ1) is 20.2. The monoisotopic (exact) mass is 417 g/mol. The minimum atomic E-state index is -0.368. The van der Waals surface area contributed by atoms with Crippen LogP contribution < -0.4 is 10.1 Å². The summed E-state index contributed by atoms with van der Waals surface area (Å²) in [5.41, 5.74) is 1.02. The predicted molar refractivity (Wildman–Crippen MR) is 113 cm³/mol. The maximum atomic E-state index is 12.6. The van der Waals surface area contributed by atoms with Gasteiger partial charge in [-0.3, -0.25) is 4.79 Å². The van der Waals surface area contributed by atoms with Gasteiger partial charge in [-0.25, -0.2) is 4.79 Å². The minimum Gasteiger partial charge on any atom is -0.497 e. The normalized spacial score (nSPS) is 10.7. The lowest BCUT2D eigenvalue weighted by molar-refractivity contribution is 0.0499. The number of benzene rings is 2. The number of ether oxygens (including phenoxy) is 2. The van der Waals surface area contributed by atoms with Gasteiger partial charge in [0, 0.05) is 15.8 Å². The molecule has 28 heavy (non-hydrogen) atoms. The number of methoxy groups -OCH3 is 1. The molecule has 0 radical (unpaired) electrons. The number of hydrogen-bond acceptors (Lipinski definition) is 5. The number of thiophene rings is 1. The van der Waals surface area contributed by atoms with Crippen LogP contribution in [-0.2, 0) is 4.74 Å². The summed E-state index contributed by atoms with van der Waals surface area (Å²) in [6, 6.07) is 12.1. The molecule has 1 heterocycles. The first-order valence-electron chi connectivity index (χ1n) is 8.88. The zero-order chi connectivity index (χ0) is 20.1. The third-order valence-corrected chi connectivity index (χ3v) is 5.82. The Morgan fingerprint density at radius 2 is 1.89 bits per heavy atom. The molecule has 3 rings (SSSR count). The quantitative estimate of drug-likeness (QED) is 0.391. The highest BCUT2D eigenvalue weighted by molar-refractivity contribution is 7.21. The number of unbranched alkanes of at least 4 members (excludes halogenated alkanes) is 1. The van der Waals surface area contributed by atoms with Crippen LogP contribution in [0.1, 0.15) is 39.8 Å². The Bertz CT molecular complexity index is 998. The Morgan fingerprint density at radius 3 is 2.57 bits per heavy atom. The molecule has 0 saturated heterocycles. The number of anilines is 1. The highest BCUT2D eigenvalue weighted by Crippen LogP contribution is 2.37. The average molecular weight is 418 g/mol. The second-order valence-corrected chi connectivity index (χ2v) is 7.56. The van der Waals surface area contributed by atoms with Gasteiger partial charge in [0.05, 0.1) is 24.3 Å². The van der Waals surface area contributed by atoms with Crippen molar-refractivity contribution in [1.82, 2.24) is 0 Å². The largest absolute Gasteiger partial charge is 0.497 e. The zero-order valence-corrected chi connectivity index (χ0v) is 17.2. The van der Waals surface area contributed by atoms with Gasteiger partial charge in [0.25, 0.3) is 5.91 Å². The zero-order valence-electron chi connectivity index (χ0n) is 15.6. The van der Waals surface area contributed by atoms with E-state index in [1.807, 2.05) is 25.1 Å². The van der Waals surface area contributed by atoms with E-state index in [1.165, 1.54) is 11.3 Å². The van der Waals surface area contributed by atoms with Crippen molar-refractivity contribution in [2.45, 2.75) is 19.8 Å². The molecular formula is C21H20ClNO4S. The first-order valence-corrected chi connectivity index (χ1v) is 10.1. The number of fused-ring (bicyclic) bond motifs is 1. The SMILES string of the molecule is CCCCOC(=O)c1ccc(NC(=O)c2sc3ccc(OC)cc3c2Cl)cc1. The number of hydrogen-bond donors (Lipinski definition) is 1. The van der Waals surface area contributed by atoms with E-state index < -0.39 is 0 Å². The van der Waals surface area contributed by atoms with Crippen LogP contribution in [0, 0.1) is 0 Å². The molecule has 0 aliphatic rings. The maximum absolute atomic E-state index is 12.6. The van der Waals surface area contributed by atoms with Crippen LogP contribution in [0.15, 0.2) is 42.5 Å². The van der Waals surface area contributed by atoms with Gasteiger partial charge in [0.1, 0.15) is 10.6 Å². The molecule has 0 bridgehead atoms. The van der Waals surface area contributed by atoms with Crippen molar-refractivity contribution in [3.63, 3.8) is 0 Å².